The Labute approximate surface area is 151 Å². The van der Waals surface area contributed by atoms with Gasteiger partial charge in [-0.3, -0.25) is 0 Å². The summed E-state index contributed by atoms with van der Waals surface area (Å²) >= 11 is 9.93. The van der Waals surface area contributed by atoms with E-state index >= 15 is 0 Å². The maximum atomic E-state index is 6.41. The monoisotopic (exact) mass is 396 g/mol. The highest BCUT2D eigenvalue weighted by Gasteiger charge is 2.18. The van der Waals surface area contributed by atoms with Crippen molar-refractivity contribution in [2.45, 2.75) is 32.8 Å². The van der Waals surface area contributed by atoms with Crippen LogP contribution in [0.3, 0.4) is 0 Å². The Hall–Kier alpha value is -1.03. The minimum atomic E-state index is -0.178. The van der Waals surface area contributed by atoms with E-state index in [0.29, 0.717) is 18.2 Å². The Morgan fingerprint density at radius 2 is 1.83 bits per heavy atom. The fourth-order valence-electron chi connectivity index (χ4n) is 2.33. The summed E-state index contributed by atoms with van der Waals surface area (Å²) in [4.78, 5) is 0. The molecule has 0 aromatic heterocycles. The zero-order chi connectivity index (χ0) is 16.7. The number of halogens is 2. The molecule has 4 heteroatoms. The van der Waals surface area contributed by atoms with Crippen LogP contribution in [0.4, 0.5) is 0 Å². The minimum absolute atomic E-state index is 0.178. The highest BCUT2D eigenvalue weighted by atomic mass is 79.9. The summed E-state index contributed by atoms with van der Waals surface area (Å²) in [6.45, 7) is 5.50. The number of rotatable bonds is 8. The highest BCUT2D eigenvalue weighted by Crippen LogP contribution is 2.34. The summed E-state index contributed by atoms with van der Waals surface area (Å²) in [7, 11) is 0. The third kappa shape index (κ3) is 5.23. The molecule has 0 saturated carbocycles. The van der Waals surface area contributed by atoms with Crippen LogP contribution in [-0.4, -0.2) is 13.2 Å². The number of unbranched alkanes of at least 4 members (excludes halogenated alkanes) is 1. The fraction of sp³-hybridized carbons (Fsp3) is 0.368. The molecule has 124 valence electrons. The van der Waals surface area contributed by atoms with E-state index < -0.39 is 0 Å². The maximum absolute atomic E-state index is 6.41. The predicted octanol–water partition coefficient (Wildman–Crippen LogP) is 6.41. The van der Waals surface area contributed by atoms with Gasteiger partial charge in [-0.05, 0) is 49.2 Å². The standard InChI is InChI=1S/C19H22BrClO2/c1-3-5-12-23-19(17-13-15(20)8-11-18(17)21)14-6-9-16(10-7-14)22-4-2/h6-11,13,19H,3-5,12H2,1-2H3. The molecule has 2 nitrogen and oxygen atoms in total. The third-order valence-electron chi connectivity index (χ3n) is 3.52. The number of hydrogen-bond acceptors (Lipinski definition) is 2. The average molecular weight is 398 g/mol. The molecule has 0 heterocycles. The van der Waals surface area contributed by atoms with Crippen molar-refractivity contribution in [3.63, 3.8) is 0 Å². The zero-order valence-electron chi connectivity index (χ0n) is 13.5. The van der Waals surface area contributed by atoms with E-state index in [2.05, 4.69) is 22.9 Å². The number of benzene rings is 2. The van der Waals surface area contributed by atoms with Gasteiger partial charge in [0.05, 0.1) is 6.61 Å². The van der Waals surface area contributed by atoms with Crippen molar-refractivity contribution in [2.24, 2.45) is 0 Å². The van der Waals surface area contributed by atoms with Crippen LogP contribution >= 0.6 is 27.5 Å². The van der Waals surface area contributed by atoms with E-state index in [1.165, 1.54) is 0 Å². The Bertz CT molecular complexity index is 613. The van der Waals surface area contributed by atoms with E-state index in [9.17, 15) is 0 Å². The van der Waals surface area contributed by atoms with Crippen molar-refractivity contribution in [1.82, 2.24) is 0 Å². The van der Waals surface area contributed by atoms with Crippen molar-refractivity contribution >= 4 is 27.5 Å². The lowest BCUT2D eigenvalue weighted by Gasteiger charge is -2.21. The normalized spacial score (nSPS) is 12.2. The third-order valence-corrected chi connectivity index (χ3v) is 4.35. The molecule has 0 bridgehead atoms. The smallest absolute Gasteiger partial charge is 0.119 e. The molecule has 0 saturated heterocycles. The molecule has 0 amide bonds. The Morgan fingerprint density at radius 1 is 1.09 bits per heavy atom. The van der Waals surface area contributed by atoms with Crippen molar-refractivity contribution in [2.75, 3.05) is 13.2 Å². The van der Waals surface area contributed by atoms with Gasteiger partial charge in [-0.15, -0.1) is 0 Å². The van der Waals surface area contributed by atoms with E-state index in [0.717, 1.165) is 34.2 Å². The van der Waals surface area contributed by atoms with Crippen molar-refractivity contribution in [3.8, 4) is 5.75 Å². The summed E-state index contributed by atoms with van der Waals surface area (Å²) in [5.74, 6) is 0.865. The Balaban J connectivity index is 2.31. The van der Waals surface area contributed by atoms with Crippen LogP contribution in [0.1, 0.15) is 43.9 Å². The molecule has 0 aliphatic carbocycles. The fourth-order valence-corrected chi connectivity index (χ4v) is 2.93. The van der Waals surface area contributed by atoms with Gasteiger partial charge in [-0.25, -0.2) is 0 Å². The molecular formula is C19H22BrClO2. The molecule has 0 N–H and O–H groups in total. The average Bonchev–Trinajstić information content (AvgIpc) is 2.56. The quantitative estimate of drug-likeness (QED) is 0.479. The summed E-state index contributed by atoms with van der Waals surface area (Å²) < 4.78 is 12.7. The lowest BCUT2D eigenvalue weighted by molar-refractivity contribution is 0.0778. The van der Waals surface area contributed by atoms with Gasteiger partial charge in [0.15, 0.2) is 0 Å². The predicted molar refractivity (Wildman–Crippen MR) is 99.5 cm³/mol. The van der Waals surface area contributed by atoms with Crippen LogP contribution in [0.2, 0.25) is 5.02 Å². The van der Waals surface area contributed by atoms with Crippen LogP contribution in [0, 0.1) is 0 Å². The molecule has 0 radical (unpaired) electrons. The van der Waals surface area contributed by atoms with Gasteiger partial charge in [0.25, 0.3) is 0 Å². The molecule has 0 spiro atoms. The Kier molecular flexibility index (Phi) is 7.41. The van der Waals surface area contributed by atoms with E-state index in [1.807, 2.05) is 49.4 Å². The second-order valence-electron chi connectivity index (χ2n) is 5.27. The first-order valence-corrected chi connectivity index (χ1v) is 9.12. The van der Waals surface area contributed by atoms with Crippen molar-refractivity contribution < 1.29 is 9.47 Å². The van der Waals surface area contributed by atoms with Crippen LogP contribution in [0.25, 0.3) is 0 Å². The van der Waals surface area contributed by atoms with Crippen LogP contribution in [0.15, 0.2) is 46.9 Å². The maximum Gasteiger partial charge on any atom is 0.119 e. The van der Waals surface area contributed by atoms with Gasteiger partial charge in [-0.2, -0.15) is 0 Å². The van der Waals surface area contributed by atoms with Gasteiger partial charge in [0.2, 0.25) is 0 Å². The van der Waals surface area contributed by atoms with Gasteiger partial charge < -0.3 is 9.47 Å². The number of hydrogen-bond donors (Lipinski definition) is 0. The molecule has 0 aliphatic rings. The minimum Gasteiger partial charge on any atom is -0.494 e. The first kappa shape index (κ1) is 18.3. The van der Waals surface area contributed by atoms with Gasteiger partial charge in [-0.1, -0.05) is 53.0 Å². The van der Waals surface area contributed by atoms with E-state index in [-0.39, 0.29) is 6.10 Å². The van der Waals surface area contributed by atoms with Gasteiger partial charge in [0, 0.05) is 21.7 Å². The SMILES string of the molecule is CCCCOC(c1ccc(OCC)cc1)c1cc(Br)ccc1Cl. The van der Waals surface area contributed by atoms with Crippen LogP contribution in [-0.2, 0) is 4.74 Å². The van der Waals surface area contributed by atoms with E-state index in [1.54, 1.807) is 0 Å². The molecule has 0 fully saturated rings. The van der Waals surface area contributed by atoms with E-state index in [4.69, 9.17) is 21.1 Å². The summed E-state index contributed by atoms with van der Waals surface area (Å²) in [5.41, 5.74) is 2.05. The van der Waals surface area contributed by atoms with Gasteiger partial charge in [0.1, 0.15) is 11.9 Å². The molecular weight excluding hydrogens is 376 g/mol. The molecule has 0 aliphatic heterocycles. The molecule has 1 atom stereocenters. The zero-order valence-corrected chi connectivity index (χ0v) is 15.9. The topological polar surface area (TPSA) is 18.5 Å². The molecule has 2 rings (SSSR count). The number of ether oxygens (including phenoxy) is 2. The molecule has 1 unspecified atom stereocenters. The van der Waals surface area contributed by atoms with Crippen molar-refractivity contribution in [3.05, 3.63) is 63.1 Å². The second kappa shape index (κ2) is 9.31. The Morgan fingerprint density at radius 3 is 2.48 bits per heavy atom. The first-order chi connectivity index (χ1) is 11.2. The second-order valence-corrected chi connectivity index (χ2v) is 6.60. The van der Waals surface area contributed by atoms with Gasteiger partial charge >= 0.3 is 0 Å². The highest BCUT2D eigenvalue weighted by molar-refractivity contribution is 9.10. The summed E-state index contributed by atoms with van der Waals surface area (Å²) in [5, 5.41) is 0.712. The summed E-state index contributed by atoms with van der Waals surface area (Å²) in [6.07, 6.45) is 1.95. The molecule has 2 aromatic rings. The first-order valence-electron chi connectivity index (χ1n) is 7.95. The van der Waals surface area contributed by atoms with Crippen molar-refractivity contribution in [1.29, 1.82) is 0 Å². The largest absolute Gasteiger partial charge is 0.494 e. The molecule has 23 heavy (non-hydrogen) atoms. The lowest BCUT2D eigenvalue weighted by atomic mass is 10.0. The van der Waals surface area contributed by atoms with Crippen LogP contribution < -0.4 is 4.74 Å². The summed E-state index contributed by atoms with van der Waals surface area (Å²) in [6, 6.07) is 13.9. The van der Waals surface area contributed by atoms with Crippen LogP contribution in [0.5, 0.6) is 5.75 Å². The lowest BCUT2D eigenvalue weighted by Crippen LogP contribution is -2.08. The molecule has 2 aromatic carbocycles.